The number of thioether (sulfide) groups is 1. The number of amides is 1. The van der Waals surface area contributed by atoms with E-state index < -0.39 is 0 Å². The molecule has 3 nitrogen and oxygen atoms in total. The van der Waals surface area contributed by atoms with Crippen molar-refractivity contribution in [3.05, 3.63) is 35.9 Å². The minimum atomic E-state index is 0.0347. The molecule has 0 bridgehead atoms. The molecule has 0 aromatic heterocycles. The van der Waals surface area contributed by atoms with Crippen molar-refractivity contribution in [1.29, 1.82) is 0 Å². The summed E-state index contributed by atoms with van der Waals surface area (Å²) in [5.74, 6) is 0.486. The molecule has 0 fully saturated rings. The largest absolute Gasteiger partial charge is 0.396 e. The van der Waals surface area contributed by atoms with Gasteiger partial charge in [-0.05, 0) is 18.9 Å². The van der Waals surface area contributed by atoms with E-state index in [0.29, 0.717) is 11.0 Å². The molecule has 0 aliphatic heterocycles. The van der Waals surface area contributed by atoms with Crippen LogP contribution in [0.2, 0.25) is 0 Å². The first-order chi connectivity index (χ1) is 8.63. The Morgan fingerprint density at radius 2 is 2.00 bits per heavy atom. The van der Waals surface area contributed by atoms with Gasteiger partial charge in [0, 0.05) is 11.9 Å². The Morgan fingerprint density at radius 3 is 2.61 bits per heavy atom. The molecule has 100 valence electrons. The maximum absolute atomic E-state index is 11.7. The summed E-state index contributed by atoms with van der Waals surface area (Å²) >= 11 is 1.57. The van der Waals surface area contributed by atoms with Gasteiger partial charge in [-0.3, -0.25) is 4.79 Å². The fraction of sp³-hybridized carbons (Fsp3) is 0.500. The molecule has 2 N–H and O–H groups in total. The average Bonchev–Trinajstić information content (AvgIpc) is 2.38. The van der Waals surface area contributed by atoms with Gasteiger partial charge in [0.1, 0.15) is 0 Å². The minimum absolute atomic E-state index is 0.0347. The zero-order valence-electron chi connectivity index (χ0n) is 10.9. The van der Waals surface area contributed by atoms with Crippen LogP contribution in [0.5, 0.6) is 0 Å². The lowest BCUT2D eigenvalue weighted by Gasteiger charge is -2.15. The number of carbonyl (C=O) groups is 1. The van der Waals surface area contributed by atoms with Crippen molar-refractivity contribution in [3.63, 3.8) is 0 Å². The third-order valence-corrected chi connectivity index (χ3v) is 3.95. The highest BCUT2D eigenvalue weighted by Gasteiger charge is 2.10. The van der Waals surface area contributed by atoms with Crippen molar-refractivity contribution < 1.29 is 9.90 Å². The second kappa shape index (κ2) is 8.16. The highest BCUT2D eigenvalue weighted by Crippen LogP contribution is 2.15. The SMILES string of the molecule is CC(CCO)SCC(=O)NC(C)c1ccccc1. The molecule has 4 heteroatoms. The predicted molar refractivity (Wildman–Crippen MR) is 76.6 cm³/mol. The molecule has 1 aromatic carbocycles. The van der Waals surface area contributed by atoms with E-state index >= 15 is 0 Å². The van der Waals surface area contributed by atoms with E-state index in [1.807, 2.05) is 44.2 Å². The maximum atomic E-state index is 11.7. The number of benzene rings is 1. The van der Waals surface area contributed by atoms with Crippen molar-refractivity contribution in [1.82, 2.24) is 5.32 Å². The molecule has 1 aromatic rings. The summed E-state index contributed by atoms with van der Waals surface area (Å²) in [4.78, 5) is 11.7. The van der Waals surface area contributed by atoms with Crippen LogP contribution in [0, 0.1) is 0 Å². The number of hydrogen-bond acceptors (Lipinski definition) is 3. The Bertz CT molecular complexity index is 356. The van der Waals surface area contributed by atoms with Crippen LogP contribution in [0.3, 0.4) is 0 Å². The first kappa shape index (κ1) is 15.1. The van der Waals surface area contributed by atoms with Crippen molar-refractivity contribution in [2.75, 3.05) is 12.4 Å². The van der Waals surface area contributed by atoms with Crippen molar-refractivity contribution in [2.45, 2.75) is 31.6 Å². The average molecular weight is 267 g/mol. The highest BCUT2D eigenvalue weighted by molar-refractivity contribution is 8.00. The number of aliphatic hydroxyl groups is 1. The molecule has 0 aliphatic rings. The van der Waals surface area contributed by atoms with Crippen molar-refractivity contribution >= 4 is 17.7 Å². The normalized spacial score (nSPS) is 13.9. The standard InChI is InChI=1S/C14H21NO2S/c1-11(8-9-16)18-10-14(17)15-12(2)13-6-4-3-5-7-13/h3-7,11-12,16H,8-10H2,1-2H3,(H,15,17). The lowest BCUT2D eigenvalue weighted by atomic mass is 10.1. The van der Waals surface area contributed by atoms with Crippen LogP contribution in [0.4, 0.5) is 0 Å². The maximum Gasteiger partial charge on any atom is 0.230 e. The fourth-order valence-electron chi connectivity index (χ4n) is 1.59. The summed E-state index contributed by atoms with van der Waals surface area (Å²) in [6, 6.07) is 9.95. The van der Waals surface area contributed by atoms with E-state index in [4.69, 9.17) is 5.11 Å². The molecule has 2 atom stereocenters. The lowest BCUT2D eigenvalue weighted by Crippen LogP contribution is -2.28. The monoisotopic (exact) mass is 267 g/mol. The zero-order chi connectivity index (χ0) is 13.4. The van der Waals surface area contributed by atoms with Gasteiger partial charge in [0.15, 0.2) is 0 Å². The molecule has 0 radical (unpaired) electrons. The quantitative estimate of drug-likeness (QED) is 0.797. The van der Waals surface area contributed by atoms with Crippen LogP contribution < -0.4 is 5.32 Å². The molecule has 0 saturated carbocycles. The number of hydrogen-bond donors (Lipinski definition) is 2. The van der Waals surface area contributed by atoms with Crippen LogP contribution >= 0.6 is 11.8 Å². The molecule has 0 saturated heterocycles. The Kier molecular flexibility index (Phi) is 6.83. The lowest BCUT2D eigenvalue weighted by molar-refractivity contribution is -0.119. The number of carbonyl (C=O) groups excluding carboxylic acids is 1. The van der Waals surface area contributed by atoms with E-state index in [-0.39, 0.29) is 18.6 Å². The summed E-state index contributed by atoms with van der Waals surface area (Å²) in [6.45, 7) is 4.18. The van der Waals surface area contributed by atoms with Gasteiger partial charge in [-0.15, -0.1) is 11.8 Å². The van der Waals surface area contributed by atoms with Gasteiger partial charge in [0.2, 0.25) is 5.91 Å². The van der Waals surface area contributed by atoms with E-state index in [2.05, 4.69) is 5.32 Å². The Morgan fingerprint density at radius 1 is 1.33 bits per heavy atom. The third-order valence-electron chi connectivity index (χ3n) is 2.71. The molecule has 2 unspecified atom stereocenters. The molecule has 1 amide bonds. The van der Waals surface area contributed by atoms with Gasteiger partial charge < -0.3 is 10.4 Å². The number of rotatable bonds is 7. The van der Waals surface area contributed by atoms with Gasteiger partial charge in [0.25, 0.3) is 0 Å². The van der Waals surface area contributed by atoms with E-state index in [1.54, 1.807) is 11.8 Å². The van der Waals surface area contributed by atoms with Gasteiger partial charge in [-0.1, -0.05) is 37.3 Å². The van der Waals surface area contributed by atoms with Crippen LogP contribution in [-0.2, 0) is 4.79 Å². The van der Waals surface area contributed by atoms with Crippen LogP contribution in [0.1, 0.15) is 31.9 Å². The zero-order valence-corrected chi connectivity index (χ0v) is 11.7. The van der Waals surface area contributed by atoms with Crippen LogP contribution in [0.15, 0.2) is 30.3 Å². The summed E-state index contributed by atoms with van der Waals surface area (Å²) in [5.41, 5.74) is 1.11. The van der Waals surface area contributed by atoms with E-state index in [9.17, 15) is 4.79 Å². The molecular formula is C14H21NO2S. The fourth-order valence-corrected chi connectivity index (χ4v) is 2.38. The first-order valence-corrected chi connectivity index (χ1v) is 7.25. The van der Waals surface area contributed by atoms with Gasteiger partial charge in [-0.2, -0.15) is 0 Å². The summed E-state index contributed by atoms with van der Waals surface area (Å²) in [7, 11) is 0. The molecule has 0 aliphatic carbocycles. The molecule has 0 spiro atoms. The predicted octanol–water partition coefficient (Wildman–Crippen LogP) is 2.37. The summed E-state index contributed by atoms with van der Waals surface area (Å²) in [6.07, 6.45) is 0.728. The first-order valence-electron chi connectivity index (χ1n) is 6.20. The second-order valence-corrected chi connectivity index (χ2v) is 5.76. The van der Waals surface area contributed by atoms with Crippen LogP contribution in [0.25, 0.3) is 0 Å². The number of nitrogens with one attached hydrogen (secondary N) is 1. The van der Waals surface area contributed by atoms with Gasteiger partial charge in [0.05, 0.1) is 11.8 Å². The van der Waals surface area contributed by atoms with Crippen LogP contribution in [-0.4, -0.2) is 28.6 Å². The molecule has 18 heavy (non-hydrogen) atoms. The Hall–Kier alpha value is -1.00. The van der Waals surface area contributed by atoms with Gasteiger partial charge >= 0.3 is 0 Å². The summed E-state index contributed by atoms with van der Waals surface area (Å²) in [5, 5.41) is 12.1. The van der Waals surface area contributed by atoms with Crippen molar-refractivity contribution in [3.8, 4) is 0 Å². The smallest absolute Gasteiger partial charge is 0.230 e. The third kappa shape index (κ3) is 5.56. The second-order valence-electron chi connectivity index (χ2n) is 4.33. The highest BCUT2D eigenvalue weighted by atomic mass is 32.2. The molecule has 1 rings (SSSR count). The van der Waals surface area contributed by atoms with E-state index in [1.165, 1.54) is 0 Å². The van der Waals surface area contributed by atoms with Crippen molar-refractivity contribution in [2.24, 2.45) is 0 Å². The Labute approximate surface area is 113 Å². The van der Waals surface area contributed by atoms with E-state index in [0.717, 1.165) is 12.0 Å². The number of aliphatic hydroxyl groups excluding tert-OH is 1. The summed E-state index contributed by atoms with van der Waals surface area (Å²) < 4.78 is 0. The molecular weight excluding hydrogens is 246 g/mol. The Balaban J connectivity index is 2.32. The van der Waals surface area contributed by atoms with Gasteiger partial charge in [-0.25, -0.2) is 0 Å². The topological polar surface area (TPSA) is 49.3 Å². The molecule has 0 heterocycles. The minimum Gasteiger partial charge on any atom is -0.396 e.